The lowest BCUT2D eigenvalue weighted by atomic mass is 9.93. The molecule has 0 amide bonds. The van der Waals surface area contributed by atoms with Gasteiger partial charge in [-0.05, 0) is 0 Å². The summed E-state index contributed by atoms with van der Waals surface area (Å²) < 4.78 is 0. The van der Waals surface area contributed by atoms with Gasteiger partial charge >= 0.3 is 0 Å². The van der Waals surface area contributed by atoms with Crippen LogP contribution in [0.4, 0.5) is 5.82 Å². The highest BCUT2D eigenvalue weighted by Gasteiger charge is 2.19. The molecule has 0 bridgehead atoms. The predicted octanol–water partition coefficient (Wildman–Crippen LogP) is 0.888. The number of nitrogens with zero attached hydrogens (tertiary/aromatic N) is 4. The molecule has 1 saturated heterocycles. The Morgan fingerprint density at radius 3 is 2.26 bits per heavy atom. The lowest BCUT2D eigenvalue weighted by Gasteiger charge is -2.35. The van der Waals surface area contributed by atoms with Crippen molar-refractivity contribution in [2.75, 3.05) is 44.2 Å². The van der Waals surface area contributed by atoms with Crippen LogP contribution >= 0.6 is 0 Å². The number of aliphatic hydroxyl groups is 1. The normalized spacial score (nSPS) is 17.8. The summed E-state index contributed by atoms with van der Waals surface area (Å²) in [6.45, 7) is 11.3. The van der Waals surface area contributed by atoms with Crippen molar-refractivity contribution in [2.24, 2.45) is 0 Å². The fourth-order valence-electron chi connectivity index (χ4n) is 2.21. The maximum Gasteiger partial charge on any atom is 0.147 e. The van der Waals surface area contributed by atoms with E-state index in [4.69, 9.17) is 5.11 Å². The molecule has 0 spiro atoms. The molecule has 5 heteroatoms. The van der Waals surface area contributed by atoms with Crippen LogP contribution in [0, 0.1) is 0 Å². The molecular weight excluding hydrogens is 240 g/mol. The molecule has 1 N–H and O–H groups in total. The van der Waals surface area contributed by atoms with E-state index in [-0.39, 0.29) is 12.0 Å². The number of rotatable bonds is 3. The summed E-state index contributed by atoms with van der Waals surface area (Å²) >= 11 is 0. The van der Waals surface area contributed by atoms with E-state index in [2.05, 4.69) is 40.5 Å². The summed E-state index contributed by atoms with van der Waals surface area (Å²) in [6.07, 6.45) is 3.76. The van der Waals surface area contributed by atoms with Crippen LogP contribution in [-0.2, 0) is 5.41 Å². The fourth-order valence-corrected chi connectivity index (χ4v) is 2.21. The van der Waals surface area contributed by atoms with E-state index in [0.717, 1.165) is 44.2 Å². The van der Waals surface area contributed by atoms with Gasteiger partial charge in [0.05, 0.1) is 24.7 Å². The van der Waals surface area contributed by atoms with E-state index in [0.29, 0.717) is 0 Å². The molecule has 1 fully saturated rings. The molecule has 0 atom stereocenters. The third-order valence-electron chi connectivity index (χ3n) is 3.52. The third kappa shape index (κ3) is 3.64. The van der Waals surface area contributed by atoms with Crippen LogP contribution in [-0.4, -0.2) is 59.3 Å². The summed E-state index contributed by atoms with van der Waals surface area (Å²) in [4.78, 5) is 13.6. The largest absolute Gasteiger partial charge is 0.395 e. The third-order valence-corrected chi connectivity index (χ3v) is 3.52. The van der Waals surface area contributed by atoms with Crippen LogP contribution in [0.15, 0.2) is 12.4 Å². The van der Waals surface area contributed by atoms with Crippen molar-refractivity contribution in [3.05, 3.63) is 18.1 Å². The first-order valence-corrected chi connectivity index (χ1v) is 6.91. The lowest BCUT2D eigenvalue weighted by molar-refractivity contribution is 0.188. The van der Waals surface area contributed by atoms with Crippen LogP contribution in [0.25, 0.3) is 0 Å². The van der Waals surface area contributed by atoms with Gasteiger partial charge in [0, 0.05) is 38.1 Å². The number of aliphatic hydroxyl groups excluding tert-OH is 1. The number of hydrogen-bond acceptors (Lipinski definition) is 5. The summed E-state index contributed by atoms with van der Waals surface area (Å²) in [7, 11) is 0. The van der Waals surface area contributed by atoms with Gasteiger partial charge in [0.15, 0.2) is 0 Å². The van der Waals surface area contributed by atoms with E-state index in [1.807, 2.05) is 12.4 Å². The van der Waals surface area contributed by atoms with Gasteiger partial charge in [-0.1, -0.05) is 20.8 Å². The minimum absolute atomic E-state index is 0.0470. The highest BCUT2D eigenvalue weighted by molar-refractivity contribution is 5.37. The van der Waals surface area contributed by atoms with Gasteiger partial charge < -0.3 is 10.0 Å². The minimum Gasteiger partial charge on any atom is -0.395 e. The molecule has 0 aromatic carbocycles. The second-order valence-corrected chi connectivity index (χ2v) is 6.06. The molecule has 2 heterocycles. The lowest BCUT2D eigenvalue weighted by Crippen LogP contribution is -2.47. The number of piperazine rings is 1. The molecule has 106 valence electrons. The smallest absolute Gasteiger partial charge is 0.147 e. The van der Waals surface area contributed by atoms with E-state index < -0.39 is 0 Å². The number of β-amino-alcohol motifs (C(OH)–C–C–N with tert-alkyl or cyclic N) is 1. The molecule has 1 aliphatic rings. The summed E-state index contributed by atoms with van der Waals surface area (Å²) in [5.41, 5.74) is 1.07. The Kier molecular flexibility index (Phi) is 4.37. The van der Waals surface area contributed by atoms with Crippen molar-refractivity contribution in [1.82, 2.24) is 14.9 Å². The molecule has 1 aromatic heterocycles. The van der Waals surface area contributed by atoms with Crippen LogP contribution in [0.3, 0.4) is 0 Å². The first kappa shape index (κ1) is 14.2. The molecule has 0 unspecified atom stereocenters. The Balaban J connectivity index is 1.97. The molecule has 19 heavy (non-hydrogen) atoms. The predicted molar refractivity (Wildman–Crippen MR) is 76.5 cm³/mol. The van der Waals surface area contributed by atoms with Crippen LogP contribution < -0.4 is 4.90 Å². The Morgan fingerprint density at radius 2 is 1.79 bits per heavy atom. The maximum absolute atomic E-state index is 8.93. The SMILES string of the molecule is CC(C)(C)c1cnc(N2CCN(CCO)CC2)cn1. The Hall–Kier alpha value is -1.20. The van der Waals surface area contributed by atoms with Crippen LogP contribution in [0.5, 0.6) is 0 Å². The van der Waals surface area contributed by atoms with Gasteiger partial charge in [0.1, 0.15) is 5.82 Å². The maximum atomic E-state index is 8.93. The van der Waals surface area contributed by atoms with Gasteiger partial charge in [-0.2, -0.15) is 0 Å². The standard InChI is InChI=1S/C14H24N4O/c1-14(2,3)12-10-16-13(11-15-12)18-6-4-17(5-7-18)8-9-19/h10-11,19H,4-9H2,1-3H3. The summed E-state index contributed by atoms with van der Waals surface area (Å²) in [5.74, 6) is 0.955. The Morgan fingerprint density at radius 1 is 1.11 bits per heavy atom. The average molecular weight is 264 g/mol. The van der Waals surface area contributed by atoms with Crippen molar-refractivity contribution in [3.63, 3.8) is 0 Å². The molecule has 5 nitrogen and oxygen atoms in total. The molecule has 2 rings (SSSR count). The summed E-state index contributed by atoms with van der Waals surface area (Å²) in [5, 5.41) is 8.93. The van der Waals surface area contributed by atoms with Crippen LogP contribution in [0.2, 0.25) is 0 Å². The number of hydrogen-bond donors (Lipinski definition) is 1. The van der Waals surface area contributed by atoms with Crippen molar-refractivity contribution in [2.45, 2.75) is 26.2 Å². The molecule has 1 aliphatic heterocycles. The van der Waals surface area contributed by atoms with Gasteiger partial charge in [-0.25, -0.2) is 4.98 Å². The zero-order valence-corrected chi connectivity index (χ0v) is 12.1. The van der Waals surface area contributed by atoms with Gasteiger partial charge in [0.25, 0.3) is 0 Å². The highest BCUT2D eigenvalue weighted by Crippen LogP contribution is 2.20. The molecule has 0 aliphatic carbocycles. The van der Waals surface area contributed by atoms with Crippen molar-refractivity contribution >= 4 is 5.82 Å². The Bertz CT molecular complexity index is 391. The van der Waals surface area contributed by atoms with Crippen molar-refractivity contribution < 1.29 is 5.11 Å². The van der Waals surface area contributed by atoms with Crippen molar-refractivity contribution in [3.8, 4) is 0 Å². The Labute approximate surface area is 115 Å². The van der Waals surface area contributed by atoms with E-state index in [9.17, 15) is 0 Å². The average Bonchev–Trinajstić information content (AvgIpc) is 2.39. The number of aromatic nitrogens is 2. The minimum atomic E-state index is 0.0470. The summed E-state index contributed by atoms with van der Waals surface area (Å²) in [6, 6.07) is 0. The van der Waals surface area contributed by atoms with E-state index >= 15 is 0 Å². The molecular formula is C14H24N4O. The highest BCUT2D eigenvalue weighted by atomic mass is 16.3. The fraction of sp³-hybridized carbons (Fsp3) is 0.714. The van der Waals surface area contributed by atoms with E-state index in [1.54, 1.807) is 0 Å². The first-order chi connectivity index (χ1) is 9.00. The van der Waals surface area contributed by atoms with Crippen LogP contribution in [0.1, 0.15) is 26.5 Å². The second-order valence-electron chi connectivity index (χ2n) is 6.06. The zero-order valence-electron chi connectivity index (χ0n) is 12.1. The molecule has 1 aromatic rings. The van der Waals surface area contributed by atoms with E-state index in [1.165, 1.54) is 0 Å². The van der Waals surface area contributed by atoms with Gasteiger partial charge in [0.2, 0.25) is 0 Å². The zero-order chi connectivity index (χ0) is 13.9. The molecule has 0 radical (unpaired) electrons. The van der Waals surface area contributed by atoms with Gasteiger partial charge in [-0.15, -0.1) is 0 Å². The first-order valence-electron chi connectivity index (χ1n) is 6.91. The van der Waals surface area contributed by atoms with Gasteiger partial charge in [-0.3, -0.25) is 9.88 Å². The topological polar surface area (TPSA) is 52.5 Å². The van der Waals surface area contributed by atoms with Crippen molar-refractivity contribution in [1.29, 1.82) is 0 Å². The quantitative estimate of drug-likeness (QED) is 0.878. The second kappa shape index (κ2) is 5.84. The monoisotopic (exact) mass is 264 g/mol. The molecule has 0 saturated carbocycles. The number of anilines is 1.